The topological polar surface area (TPSA) is 70.7 Å². The molecule has 2 N–H and O–H groups in total. The summed E-state index contributed by atoms with van der Waals surface area (Å²) in [5.41, 5.74) is 0.843. The smallest absolute Gasteiger partial charge is 0.225 e. The van der Waals surface area contributed by atoms with Gasteiger partial charge in [0, 0.05) is 32.1 Å². The van der Waals surface area contributed by atoms with E-state index in [1.807, 2.05) is 36.1 Å². The number of nitrogens with one attached hydrogen (secondary N) is 2. The number of ether oxygens (including phenoxy) is 1. The first-order valence-corrected chi connectivity index (χ1v) is 8.59. The molecular weight excluding hydrogens is 306 g/mol. The molecule has 1 aliphatic rings. The van der Waals surface area contributed by atoms with Crippen LogP contribution >= 0.6 is 0 Å². The van der Waals surface area contributed by atoms with Crippen molar-refractivity contribution >= 4 is 11.8 Å². The van der Waals surface area contributed by atoms with E-state index in [2.05, 4.69) is 10.6 Å². The second-order valence-electron chi connectivity index (χ2n) is 5.91. The Morgan fingerprint density at radius 3 is 2.83 bits per heavy atom. The minimum atomic E-state index is -0.381. The first-order valence-electron chi connectivity index (χ1n) is 8.59. The van der Waals surface area contributed by atoms with Crippen LogP contribution in [-0.2, 0) is 9.59 Å². The molecule has 1 unspecified atom stereocenters. The van der Waals surface area contributed by atoms with Crippen LogP contribution < -0.4 is 15.4 Å². The molecule has 0 radical (unpaired) electrons. The molecule has 1 aromatic rings. The maximum Gasteiger partial charge on any atom is 0.225 e. The molecule has 2 amide bonds. The van der Waals surface area contributed by atoms with Gasteiger partial charge in [-0.3, -0.25) is 9.59 Å². The molecule has 0 bridgehead atoms. The van der Waals surface area contributed by atoms with Crippen LogP contribution in [0.4, 0.5) is 0 Å². The van der Waals surface area contributed by atoms with Crippen molar-refractivity contribution in [1.82, 2.24) is 15.5 Å². The summed E-state index contributed by atoms with van der Waals surface area (Å²) in [4.78, 5) is 26.2. The largest absolute Gasteiger partial charge is 0.494 e. The molecule has 0 aliphatic carbocycles. The van der Waals surface area contributed by atoms with Gasteiger partial charge in [0.2, 0.25) is 11.8 Å². The molecule has 24 heavy (non-hydrogen) atoms. The summed E-state index contributed by atoms with van der Waals surface area (Å²) in [6, 6.07) is 7.18. The van der Waals surface area contributed by atoms with Crippen molar-refractivity contribution in [3.63, 3.8) is 0 Å². The van der Waals surface area contributed by atoms with Gasteiger partial charge in [0.1, 0.15) is 5.75 Å². The Kier molecular flexibility index (Phi) is 7.06. The Balaban J connectivity index is 2.16. The highest BCUT2D eigenvalue weighted by molar-refractivity contribution is 5.79. The van der Waals surface area contributed by atoms with Gasteiger partial charge in [0.25, 0.3) is 0 Å². The van der Waals surface area contributed by atoms with Gasteiger partial charge < -0.3 is 20.3 Å². The molecule has 0 aromatic heterocycles. The molecule has 2 rings (SSSR count). The lowest BCUT2D eigenvalue weighted by molar-refractivity contribution is -0.131. The first-order chi connectivity index (χ1) is 11.6. The lowest BCUT2D eigenvalue weighted by Gasteiger charge is -2.25. The van der Waals surface area contributed by atoms with Gasteiger partial charge in [0.15, 0.2) is 0 Å². The molecular formula is C18H27N3O3. The number of hydrogen-bond donors (Lipinski definition) is 2. The fourth-order valence-corrected chi connectivity index (χ4v) is 2.94. The Morgan fingerprint density at radius 1 is 1.29 bits per heavy atom. The van der Waals surface area contributed by atoms with Crippen molar-refractivity contribution < 1.29 is 14.3 Å². The van der Waals surface area contributed by atoms with Crippen LogP contribution in [-0.4, -0.2) is 49.5 Å². The monoisotopic (exact) mass is 333 g/mol. The van der Waals surface area contributed by atoms with Crippen molar-refractivity contribution in [2.75, 3.05) is 32.8 Å². The average Bonchev–Trinajstić information content (AvgIpc) is 2.84. The summed E-state index contributed by atoms with van der Waals surface area (Å²) in [7, 11) is 0. The fraction of sp³-hybridized carbons (Fsp3) is 0.556. The second-order valence-corrected chi connectivity index (χ2v) is 5.91. The maximum absolute atomic E-state index is 12.7. The van der Waals surface area contributed by atoms with E-state index in [9.17, 15) is 9.59 Å². The van der Waals surface area contributed by atoms with Crippen LogP contribution in [0.15, 0.2) is 24.3 Å². The Hall–Kier alpha value is -2.08. The van der Waals surface area contributed by atoms with E-state index in [1.54, 1.807) is 0 Å². The van der Waals surface area contributed by atoms with Crippen molar-refractivity contribution in [2.24, 2.45) is 0 Å². The molecule has 6 nitrogen and oxygen atoms in total. The molecule has 6 heteroatoms. The van der Waals surface area contributed by atoms with Gasteiger partial charge in [-0.25, -0.2) is 0 Å². The summed E-state index contributed by atoms with van der Waals surface area (Å²) in [6.45, 7) is 7.13. The van der Waals surface area contributed by atoms with Crippen LogP contribution in [0.2, 0.25) is 0 Å². The number of para-hydroxylation sites is 1. The van der Waals surface area contributed by atoms with Crippen LogP contribution in [0.1, 0.15) is 38.3 Å². The number of amides is 2. The van der Waals surface area contributed by atoms with Gasteiger partial charge in [-0.2, -0.15) is 0 Å². The van der Waals surface area contributed by atoms with Gasteiger partial charge in [0.05, 0.1) is 19.1 Å². The van der Waals surface area contributed by atoms with Crippen LogP contribution in [0, 0.1) is 0 Å². The summed E-state index contributed by atoms with van der Waals surface area (Å²) in [5, 5.41) is 6.19. The predicted molar refractivity (Wildman–Crippen MR) is 92.9 cm³/mol. The molecule has 1 aromatic carbocycles. The molecule has 1 heterocycles. The highest BCUT2D eigenvalue weighted by Crippen LogP contribution is 2.28. The molecule has 1 fully saturated rings. The standard InChI is InChI=1S/C18H27N3O3/c1-3-24-17-8-5-4-7-15(17)16(20-14(2)22)13-18(23)21-11-6-9-19-10-12-21/h4-5,7-8,16,19H,3,6,9-13H2,1-2H3,(H,20,22). The van der Waals surface area contributed by atoms with Crippen molar-refractivity contribution in [3.8, 4) is 5.75 Å². The third-order valence-corrected chi connectivity index (χ3v) is 4.04. The normalized spacial score (nSPS) is 16.2. The molecule has 1 atom stereocenters. The van der Waals surface area contributed by atoms with E-state index < -0.39 is 0 Å². The van der Waals surface area contributed by atoms with Crippen molar-refractivity contribution in [3.05, 3.63) is 29.8 Å². The van der Waals surface area contributed by atoms with Crippen LogP contribution in [0.3, 0.4) is 0 Å². The van der Waals surface area contributed by atoms with Crippen molar-refractivity contribution in [2.45, 2.75) is 32.7 Å². The zero-order chi connectivity index (χ0) is 17.4. The van der Waals surface area contributed by atoms with Gasteiger partial charge in [-0.15, -0.1) is 0 Å². The highest BCUT2D eigenvalue weighted by atomic mass is 16.5. The van der Waals surface area contributed by atoms with E-state index >= 15 is 0 Å². The van der Waals surface area contributed by atoms with Crippen LogP contribution in [0.5, 0.6) is 5.75 Å². The molecule has 132 valence electrons. The van der Waals surface area contributed by atoms with E-state index in [-0.39, 0.29) is 24.3 Å². The van der Waals surface area contributed by atoms with Gasteiger partial charge >= 0.3 is 0 Å². The molecule has 0 spiro atoms. The lowest BCUT2D eigenvalue weighted by Crippen LogP contribution is -2.37. The highest BCUT2D eigenvalue weighted by Gasteiger charge is 2.24. The second kappa shape index (κ2) is 9.27. The average molecular weight is 333 g/mol. The number of rotatable bonds is 6. The van der Waals surface area contributed by atoms with Crippen molar-refractivity contribution in [1.29, 1.82) is 0 Å². The number of carbonyl (C=O) groups is 2. The predicted octanol–water partition coefficient (Wildman–Crippen LogP) is 1.47. The quantitative estimate of drug-likeness (QED) is 0.827. The maximum atomic E-state index is 12.7. The fourth-order valence-electron chi connectivity index (χ4n) is 2.94. The number of benzene rings is 1. The molecule has 1 saturated heterocycles. The summed E-state index contributed by atoms with van der Waals surface area (Å²) in [5.74, 6) is 0.615. The SMILES string of the molecule is CCOc1ccccc1C(CC(=O)N1CCCNCC1)NC(C)=O. The number of carbonyl (C=O) groups excluding carboxylic acids is 2. The van der Waals surface area contributed by atoms with Gasteiger partial charge in [-0.1, -0.05) is 18.2 Å². The van der Waals surface area contributed by atoms with E-state index in [4.69, 9.17) is 4.74 Å². The minimum absolute atomic E-state index is 0.0590. The summed E-state index contributed by atoms with van der Waals surface area (Å²) in [6.07, 6.45) is 1.19. The zero-order valence-electron chi connectivity index (χ0n) is 14.5. The third-order valence-electron chi connectivity index (χ3n) is 4.04. The first kappa shape index (κ1) is 18.3. The Morgan fingerprint density at radius 2 is 2.08 bits per heavy atom. The zero-order valence-corrected chi connectivity index (χ0v) is 14.5. The van der Waals surface area contributed by atoms with E-state index in [0.717, 1.165) is 31.6 Å². The lowest BCUT2D eigenvalue weighted by atomic mass is 10.0. The van der Waals surface area contributed by atoms with Gasteiger partial charge in [-0.05, 0) is 26.0 Å². The van der Waals surface area contributed by atoms with E-state index in [1.165, 1.54) is 6.92 Å². The summed E-state index contributed by atoms with van der Waals surface area (Å²) >= 11 is 0. The van der Waals surface area contributed by atoms with E-state index in [0.29, 0.717) is 18.9 Å². The van der Waals surface area contributed by atoms with Crippen LogP contribution in [0.25, 0.3) is 0 Å². The number of hydrogen-bond acceptors (Lipinski definition) is 4. The summed E-state index contributed by atoms with van der Waals surface area (Å²) < 4.78 is 5.66. The third kappa shape index (κ3) is 5.23. The Labute approximate surface area is 143 Å². The molecule has 0 saturated carbocycles. The molecule has 1 aliphatic heterocycles. The minimum Gasteiger partial charge on any atom is -0.494 e. The Bertz CT molecular complexity index is 554. The number of nitrogens with zero attached hydrogens (tertiary/aromatic N) is 1.